The highest BCUT2D eigenvalue weighted by Gasteiger charge is 2.34. The normalized spacial score (nSPS) is 12.5. The van der Waals surface area contributed by atoms with E-state index in [1.807, 2.05) is 0 Å². The van der Waals surface area contributed by atoms with Crippen LogP contribution in [0.4, 0.5) is 5.69 Å². The largest absolute Gasteiger partial charge is 0.460 e. The van der Waals surface area contributed by atoms with Crippen LogP contribution in [0.5, 0.6) is 0 Å². The molecule has 0 aromatic heterocycles. The predicted octanol–water partition coefficient (Wildman–Crippen LogP) is 0.889. The molecule has 0 aliphatic rings. The third-order valence-electron chi connectivity index (χ3n) is 2.69. The Kier molecular flexibility index (Phi) is 5.14. The van der Waals surface area contributed by atoms with E-state index in [1.54, 1.807) is 0 Å². The number of hydrogen-bond donors (Lipinski definition) is 0. The zero-order chi connectivity index (χ0) is 16.2. The Morgan fingerprint density at radius 3 is 2.24 bits per heavy atom. The number of carbonyl (C=O) groups excluding carboxylic acids is 2. The van der Waals surface area contributed by atoms with Crippen LogP contribution in [0.25, 0.3) is 0 Å². The molecule has 0 N–H and O–H groups in total. The van der Waals surface area contributed by atoms with E-state index in [0.717, 1.165) is 31.2 Å². The van der Waals surface area contributed by atoms with Gasteiger partial charge in [-0.3, -0.25) is 14.9 Å². The number of sulfone groups is 1. The number of ketones is 1. The molecule has 1 aromatic rings. The summed E-state index contributed by atoms with van der Waals surface area (Å²) in [5.41, 5.74) is -0.279. The number of nitrogens with zero attached hydrogens (tertiary/aromatic N) is 1. The lowest BCUT2D eigenvalue weighted by Crippen LogP contribution is -2.34. The molecule has 8 nitrogen and oxygen atoms in total. The van der Waals surface area contributed by atoms with Crippen molar-refractivity contribution < 1.29 is 27.7 Å². The Bertz CT molecular complexity index is 663. The van der Waals surface area contributed by atoms with E-state index in [9.17, 15) is 28.1 Å². The number of ether oxygens (including phenoxy) is 1. The van der Waals surface area contributed by atoms with E-state index in [1.165, 1.54) is 6.92 Å². The second-order valence-electron chi connectivity index (χ2n) is 4.02. The molecule has 9 heteroatoms. The van der Waals surface area contributed by atoms with Crippen molar-refractivity contribution in [2.24, 2.45) is 0 Å². The third-order valence-corrected chi connectivity index (χ3v) is 4.76. The van der Waals surface area contributed by atoms with Gasteiger partial charge in [0.05, 0.1) is 16.4 Å². The highest BCUT2D eigenvalue weighted by atomic mass is 32.2. The highest BCUT2D eigenvalue weighted by Crippen LogP contribution is 2.20. The smallest absolute Gasteiger partial charge is 0.376 e. The lowest BCUT2D eigenvalue weighted by Gasteiger charge is -2.11. The molecule has 0 amide bonds. The second-order valence-corrected chi connectivity index (χ2v) is 6.29. The van der Waals surface area contributed by atoms with Crippen LogP contribution >= 0.6 is 0 Å². The second kappa shape index (κ2) is 6.44. The van der Waals surface area contributed by atoms with E-state index >= 15 is 0 Å². The van der Waals surface area contributed by atoms with Crippen LogP contribution in [0.3, 0.4) is 0 Å². The summed E-state index contributed by atoms with van der Waals surface area (Å²) in [7, 11) is -4.12. The van der Waals surface area contributed by atoms with Crippen molar-refractivity contribution in [1.29, 1.82) is 0 Å². The quantitative estimate of drug-likeness (QED) is 0.331. The molecule has 0 radical (unpaired) electrons. The Balaban J connectivity index is 3.07. The van der Waals surface area contributed by atoms with Gasteiger partial charge < -0.3 is 4.74 Å². The molecule has 0 aliphatic heterocycles. The fourth-order valence-electron chi connectivity index (χ4n) is 1.47. The van der Waals surface area contributed by atoms with Gasteiger partial charge in [-0.05, 0) is 26.0 Å². The predicted molar refractivity (Wildman–Crippen MR) is 71.4 cm³/mol. The summed E-state index contributed by atoms with van der Waals surface area (Å²) in [6, 6.07) is 4.05. The van der Waals surface area contributed by atoms with Gasteiger partial charge in [-0.25, -0.2) is 13.2 Å². The molecule has 1 aromatic carbocycles. The number of nitro benzene ring substituents is 1. The molecule has 0 saturated carbocycles. The summed E-state index contributed by atoms with van der Waals surface area (Å²) in [4.78, 5) is 32.5. The number of hydrogen-bond acceptors (Lipinski definition) is 7. The van der Waals surface area contributed by atoms with Gasteiger partial charge in [0.2, 0.25) is 0 Å². The maximum absolute atomic E-state index is 12.2. The van der Waals surface area contributed by atoms with Crippen LogP contribution in [-0.2, 0) is 24.2 Å². The van der Waals surface area contributed by atoms with E-state index in [4.69, 9.17) is 0 Å². The van der Waals surface area contributed by atoms with Crippen molar-refractivity contribution >= 4 is 27.3 Å². The SMILES string of the molecule is CCOC(=O)C(=O)C(C)S(=O)(=O)c1ccc([N+](=O)[O-])cc1. The van der Waals surface area contributed by atoms with Gasteiger partial charge in [-0.1, -0.05) is 0 Å². The molecule has 114 valence electrons. The summed E-state index contributed by atoms with van der Waals surface area (Å²) in [6.07, 6.45) is 0. The Labute approximate surface area is 120 Å². The lowest BCUT2D eigenvalue weighted by molar-refractivity contribution is -0.384. The average molecular weight is 315 g/mol. The minimum Gasteiger partial charge on any atom is -0.460 e. The monoisotopic (exact) mass is 315 g/mol. The molecule has 1 rings (SSSR count). The lowest BCUT2D eigenvalue weighted by atomic mass is 10.3. The Morgan fingerprint density at radius 1 is 1.29 bits per heavy atom. The first kappa shape index (κ1) is 16.8. The summed E-state index contributed by atoms with van der Waals surface area (Å²) >= 11 is 0. The summed E-state index contributed by atoms with van der Waals surface area (Å²) in [5, 5.41) is 8.88. The fraction of sp³-hybridized carbons (Fsp3) is 0.333. The van der Waals surface area contributed by atoms with Gasteiger partial charge in [-0.2, -0.15) is 0 Å². The topological polar surface area (TPSA) is 121 Å². The van der Waals surface area contributed by atoms with Crippen LogP contribution in [0.15, 0.2) is 29.2 Å². The van der Waals surface area contributed by atoms with Crippen LogP contribution < -0.4 is 0 Å². The van der Waals surface area contributed by atoms with Crippen LogP contribution in [0, 0.1) is 10.1 Å². The number of carbonyl (C=O) groups is 2. The van der Waals surface area contributed by atoms with Crippen LogP contribution in [-0.4, -0.2) is 37.0 Å². The van der Waals surface area contributed by atoms with Crippen molar-refractivity contribution in [3.05, 3.63) is 34.4 Å². The number of benzene rings is 1. The molecule has 0 saturated heterocycles. The van der Waals surface area contributed by atoms with E-state index in [0.29, 0.717) is 0 Å². The number of esters is 1. The zero-order valence-corrected chi connectivity index (χ0v) is 12.1. The van der Waals surface area contributed by atoms with Crippen molar-refractivity contribution in [3.8, 4) is 0 Å². The first-order valence-corrected chi connectivity index (χ1v) is 7.45. The molecule has 0 spiro atoms. The Hall–Kier alpha value is -2.29. The Morgan fingerprint density at radius 2 is 1.81 bits per heavy atom. The van der Waals surface area contributed by atoms with Gasteiger partial charge >= 0.3 is 5.97 Å². The van der Waals surface area contributed by atoms with E-state index < -0.39 is 31.8 Å². The summed E-state index contributed by atoms with van der Waals surface area (Å²) in [6.45, 7) is 2.51. The van der Waals surface area contributed by atoms with Crippen LogP contribution in [0.2, 0.25) is 0 Å². The molecule has 0 heterocycles. The van der Waals surface area contributed by atoms with Crippen molar-refractivity contribution in [3.63, 3.8) is 0 Å². The number of Topliss-reactive ketones (excluding diaryl/α,β-unsaturated/α-hetero) is 1. The molecule has 1 atom stereocenters. The van der Waals surface area contributed by atoms with Gasteiger partial charge in [0.1, 0.15) is 5.25 Å². The van der Waals surface area contributed by atoms with Crippen molar-refractivity contribution in [2.75, 3.05) is 6.61 Å². The molecular formula is C12H13NO7S. The molecule has 0 aliphatic carbocycles. The van der Waals surface area contributed by atoms with E-state index in [2.05, 4.69) is 4.74 Å². The van der Waals surface area contributed by atoms with Gasteiger partial charge in [0.15, 0.2) is 9.84 Å². The van der Waals surface area contributed by atoms with Crippen molar-refractivity contribution in [2.45, 2.75) is 24.0 Å². The maximum Gasteiger partial charge on any atom is 0.376 e. The van der Waals surface area contributed by atoms with Gasteiger partial charge in [-0.15, -0.1) is 0 Å². The minimum atomic E-state index is -4.12. The molecule has 0 bridgehead atoms. The molecule has 0 fully saturated rings. The molecule has 21 heavy (non-hydrogen) atoms. The average Bonchev–Trinajstić information content (AvgIpc) is 2.45. The zero-order valence-electron chi connectivity index (χ0n) is 11.3. The minimum absolute atomic E-state index is 0.0468. The standard InChI is InChI=1S/C12H13NO7S/c1-3-20-12(15)11(14)8(2)21(18,19)10-6-4-9(5-7-10)13(16)17/h4-8H,3H2,1-2H3. The summed E-state index contributed by atoms with van der Waals surface area (Å²) < 4.78 is 28.8. The first-order chi connectivity index (χ1) is 9.71. The van der Waals surface area contributed by atoms with Crippen molar-refractivity contribution in [1.82, 2.24) is 0 Å². The number of rotatable bonds is 6. The summed E-state index contributed by atoms with van der Waals surface area (Å²) in [5.74, 6) is -2.41. The number of nitro groups is 1. The first-order valence-electron chi connectivity index (χ1n) is 5.91. The van der Waals surface area contributed by atoms with Crippen LogP contribution in [0.1, 0.15) is 13.8 Å². The highest BCUT2D eigenvalue weighted by molar-refractivity contribution is 7.93. The van der Waals surface area contributed by atoms with Gasteiger partial charge in [0.25, 0.3) is 11.5 Å². The third kappa shape index (κ3) is 3.63. The maximum atomic E-state index is 12.2. The van der Waals surface area contributed by atoms with E-state index in [-0.39, 0.29) is 17.2 Å². The van der Waals surface area contributed by atoms with Gasteiger partial charge in [0, 0.05) is 12.1 Å². The fourth-order valence-corrected chi connectivity index (χ4v) is 2.77. The molecular weight excluding hydrogens is 302 g/mol. The molecule has 1 unspecified atom stereocenters. The number of non-ortho nitro benzene ring substituents is 1.